The van der Waals surface area contributed by atoms with Gasteiger partial charge in [-0.25, -0.2) is 4.39 Å². The van der Waals surface area contributed by atoms with E-state index in [1.807, 2.05) is 0 Å². The predicted octanol–water partition coefficient (Wildman–Crippen LogP) is 1.72. The summed E-state index contributed by atoms with van der Waals surface area (Å²) in [6, 6.07) is 0. The summed E-state index contributed by atoms with van der Waals surface area (Å²) < 4.78 is 13.3. The van der Waals surface area contributed by atoms with E-state index >= 15 is 0 Å². The molecule has 0 aliphatic heterocycles. The van der Waals surface area contributed by atoms with Crippen LogP contribution in [0.5, 0.6) is 0 Å². The maximum atomic E-state index is 13.3. The fraction of sp³-hybridized carbons (Fsp3) is 0.700. The highest BCUT2D eigenvalue weighted by Gasteiger charge is 2.47. The molecule has 0 bridgehead atoms. The summed E-state index contributed by atoms with van der Waals surface area (Å²) in [7, 11) is 0. The van der Waals surface area contributed by atoms with Gasteiger partial charge in [-0.15, -0.1) is 0 Å². The standard InChI is InChI=1S/C10H14FN3/c11-9-8(13-14-10(9)12)4-6-3-7(6)5-1-2-5/h5-7H,1-4H2,(H3,12,13,14)/t6-,7-/m0/s1. The number of nitrogens with two attached hydrogens (primary N) is 1. The Bertz CT molecular complexity index is 356. The monoisotopic (exact) mass is 195 g/mol. The van der Waals surface area contributed by atoms with Crippen LogP contribution in [0.15, 0.2) is 0 Å². The van der Waals surface area contributed by atoms with Crippen LogP contribution in [0.3, 0.4) is 0 Å². The van der Waals surface area contributed by atoms with Gasteiger partial charge in [-0.2, -0.15) is 5.10 Å². The number of halogens is 1. The largest absolute Gasteiger partial charge is 0.380 e. The highest BCUT2D eigenvalue weighted by molar-refractivity contribution is 5.32. The van der Waals surface area contributed by atoms with E-state index in [0.29, 0.717) is 11.6 Å². The topological polar surface area (TPSA) is 54.7 Å². The van der Waals surface area contributed by atoms with Crippen molar-refractivity contribution in [2.45, 2.75) is 25.7 Å². The third-order valence-corrected chi connectivity index (χ3v) is 3.47. The lowest BCUT2D eigenvalue weighted by molar-refractivity contribution is 0.579. The first-order chi connectivity index (χ1) is 6.75. The van der Waals surface area contributed by atoms with Gasteiger partial charge < -0.3 is 5.73 Å². The number of aromatic amines is 1. The second-order valence-electron chi connectivity index (χ2n) is 4.60. The Hall–Kier alpha value is -1.06. The van der Waals surface area contributed by atoms with Crippen molar-refractivity contribution in [1.82, 2.24) is 10.2 Å². The summed E-state index contributed by atoms with van der Waals surface area (Å²) >= 11 is 0. The van der Waals surface area contributed by atoms with E-state index in [-0.39, 0.29) is 11.6 Å². The van der Waals surface area contributed by atoms with Crippen molar-refractivity contribution in [2.24, 2.45) is 17.8 Å². The molecule has 0 saturated heterocycles. The van der Waals surface area contributed by atoms with Crippen LogP contribution in [0, 0.1) is 23.6 Å². The molecule has 0 spiro atoms. The van der Waals surface area contributed by atoms with Crippen LogP contribution in [-0.2, 0) is 6.42 Å². The number of hydrogen-bond donors (Lipinski definition) is 2. The molecule has 0 amide bonds. The Balaban J connectivity index is 1.65. The number of anilines is 1. The third kappa shape index (κ3) is 1.29. The van der Waals surface area contributed by atoms with Crippen molar-refractivity contribution in [2.75, 3.05) is 5.73 Å². The zero-order chi connectivity index (χ0) is 9.71. The van der Waals surface area contributed by atoms with Gasteiger partial charge in [0, 0.05) is 0 Å². The quantitative estimate of drug-likeness (QED) is 0.771. The average molecular weight is 195 g/mol. The summed E-state index contributed by atoms with van der Waals surface area (Å²) in [4.78, 5) is 0. The second-order valence-corrected chi connectivity index (χ2v) is 4.60. The van der Waals surface area contributed by atoms with E-state index in [0.717, 1.165) is 18.3 Å². The van der Waals surface area contributed by atoms with E-state index in [2.05, 4.69) is 10.2 Å². The maximum Gasteiger partial charge on any atom is 0.187 e. The lowest BCUT2D eigenvalue weighted by Crippen LogP contribution is -1.95. The number of nitrogen functional groups attached to an aromatic ring is 1. The molecule has 1 aromatic heterocycles. The Kier molecular flexibility index (Phi) is 1.60. The van der Waals surface area contributed by atoms with Crippen molar-refractivity contribution >= 4 is 5.82 Å². The SMILES string of the molecule is Nc1n[nH]c(C[C@@H]2C[C@H]2C2CC2)c1F. The summed E-state index contributed by atoms with van der Waals surface area (Å²) in [5.74, 6) is 2.15. The maximum absolute atomic E-state index is 13.3. The Morgan fingerprint density at radius 1 is 1.50 bits per heavy atom. The zero-order valence-electron chi connectivity index (χ0n) is 7.96. The molecule has 0 unspecified atom stereocenters. The molecule has 2 atom stereocenters. The molecule has 2 fully saturated rings. The van der Waals surface area contributed by atoms with Gasteiger partial charge in [-0.05, 0) is 43.4 Å². The van der Waals surface area contributed by atoms with Crippen molar-refractivity contribution < 1.29 is 4.39 Å². The van der Waals surface area contributed by atoms with Crippen molar-refractivity contribution in [3.05, 3.63) is 11.5 Å². The van der Waals surface area contributed by atoms with Crippen LogP contribution in [0.1, 0.15) is 25.0 Å². The highest BCUT2D eigenvalue weighted by Crippen LogP contribution is 2.55. The average Bonchev–Trinajstić information content (AvgIpc) is 3.00. The normalized spacial score (nSPS) is 30.6. The lowest BCUT2D eigenvalue weighted by atomic mass is 10.1. The van der Waals surface area contributed by atoms with Gasteiger partial charge in [0.2, 0.25) is 0 Å². The molecule has 1 aromatic rings. The number of aromatic nitrogens is 2. The molecule has 3 rings (SSSR count). The van der Waals surface area contributed by atoms with Gasteiger partial charge in [0.25, 0.3) is 0 Å². The molecular weight excluding hydrogens is 181 g/mol. The third-order valence-electron chi connectivity index (χ3n) is 3.47. The number of nitrogens with one attached hydrogen (secondary N) is 1. The Morgan fingerprint density at radius 3 is 2.86 bits per heavy atom. The van der Waals surface area contributed by atoms with Gasteiger partial charge in [0.15, 0.2) is 11.6 Å². The lowest BCUT2D eigenvalue weighted by Gasteiger charge is -1.96. The van der Waals surface area contributed by atoms with Gasteiger partial charge in [0.1, 0.15) is 0 Å². The molecule has 2 aliphatic carbocycles. The summed E-state index contributed by atoms with van der Waals surface area (Å²) in [6.45, 7) is 0. The fourth-order valence-corrected chi connectivity index (χ4v) is 2.39. The van der Waals surface area contributed by atoms with E-state index in [4.69, 9.17) is 5.73 Å². The Labute approximate surface area is 81.9 Å². The molecule has 76 valence electrons. The molecule has 2 saturated carbocycles. The first kappa shape index (κ1) is 8.26. The molecule has 1 heterocycles. The van der Waals surface area contributed by atoms with E-state index in [9.17, 15) is 4.39 Å². The first-order valence-electron chi connectivity index (χ1n) is 5.24. The molecule has 4 heteroatoms. The molecule has 3 nitrogen and oxygen atoms in total. The smallest absolute Gasteiger partial charge is 0.187 e. The molecule has 14 heavy (non-hydrogen) atoms. The number of H-pyrrole nitrogens is 1. The fourth-order valence-electron chi connectivity index (χ4n) is 2.39. The number of rotatable bonds is 3. The van der Waals surface area contributed by atoms with Crippen molar-refractivity contribution in [3.8, 4) is 0 Å². The zero-order valence-corrected chi connectivity index (χ0v) is 7.96. The van der Waals surface area contributed by atoms with Crippen LogP contribution in [0.2, 0.25) is 0 Å². The predicted molar refractivity (Wildman–Crippen MR) is 51.0 cm³/mol. The van der Waals surface area contributed by atoms with Crippen LogP contribution in [0.25, 0.3) is 0 Å². The van der Waals surface area contributed by atoms with Gasteiger partial charge >= 0.3 is 0 Å². The van der Waals surface area contributed by atoms with Crippen LogP contribution in [0.4, 0.5) is 10.2 Å². The van der Waals surface area contributed by atoms with Gasteiger partial charge in [-0.1, -0.05) is 0 Å². The summed E-state index contributed by atoms with van der Waals surface area (Å²) in [5, 5.41) is 6.34. The number of nitrogens with zero attached hydrogens (tertiary/aromatic N) is 1. The van der Waals surface area contributed by atoms with Crippen molar-refractivity contribution in [3.63, 3.8) is 0 Å². The summed E-state index contributed by atoms with van der Waals surface area (Å²) in [6.07, 6.45) is 4.82. The minimum absolute atomic E-state index is 0.00335. The molecule has 3 N–H and O–H groups in total. The van der Waals surface area contributed by atoms with Crippen molar-refractivity contribution in [1.29, 1.82) is 0 Å². The van der Waals surface area contributed by atoms with Crippen LogP contribution < -0.4 is 5.73 Å². The minimum Gasteiger partial charge on any atom is -0.380 e. The van der Waals surface area contributed by atoms with Gasteiger partial charge in [0.05, 0.1) is 5.69 Å². The second kappa shape index (κ2) is 2.72. The minimum atomic E-state index is -0.341. The van der Waals surface area contributed by atoms with Crippen LogP contribution in [-0.4, -0.2) is 10.2 Å². The highest BCUT2D eigenvalue weighted by atomic mass is 19.1. The first-order valence-corrected chi connectivity index (χ1v) is 5.24. The number of hydrogen-bond acceptors (Lipinski definition) is 2. The van der Waals surface area contributed by atoms with E-state index in [1.165, 1.54) is 19.3 Å². The van der Waals surface area contributed by atoms with E-state index in [1.54, 1.807) is 0 Å². The van der Waals surface area contributed by atoms with Crippen LogP contribution >= 0.6 is 0 Å². The molecule has 2 aliphatic rings. The Morgan fingerprint density at radius 2 is 2.29 bits per heavy atom. The van der Waals surface area contributed by atoms with E-state index < -0.39 is 0 Å². The molecule has 0 radical (unpaired) electrons. The molecule has 0 aromatic carbocycles. The molecular formula is C10H14FN3. The summed E-state index contributed by atoms with van der Waals surface area (Å²) in [5.41, 5.74) is 5.92. The van der Waals surface area contributed by atoms with Gasteiger partial charge in [-0.3, -0.25) is 5.10 Å².